The highest BCUT2D eigenvalue weighted by Gasteiger charge is 2.30. The molecule has 5 nitrogen and oxygen atoms in total. The molecule has 1 fully saturated rings. The van der Waals surface area contributed by atoms with Crippen LogP contribution in [-0.2, 0) is 10.0 Å². The number of hydrogen-bond acceptors (Lipinski definition) is 3. The number of rotatable bonds is 2. The van der Waals surface area contributed by atoms with Gasteiger partial charge in [0.05, 0.1) is 4.90 Å². The van der Waals surface area contributed by atoms with Gasteiger partial charge in [-0.15, -0.1) is 0 Å². The number of H-pyrrole nitrogens is 1. The second-order valence-electron chi connectivity index (χ2n) is 3.72. The van der Waals surface area contributed by atoms with E-state index in [0.717, 1.165) is 0 Å². The fraction of sp³-hybridized carbons (Fsp3) is 0.556. The molecule has 1 atom stereocenters. The molecule has 1 aromatic heterocycles. The Morgan fingerprint density at radius 1 is 1.53 bits per heavy atom. The summed E-state index contributed by atoms with van der Waals surface area (Å²) >= 11 is 0. The minimum atomic E-state index is -3.31. The van der Waals surface area contributed by atoms with Crippen molar-refractivity contribution < 1.29 is 8.42 Å². The summed E-state index contributed by atoms with van der Waals surface area (Å²) in [5.41, 5.74) is 0. The Morgan fingerprint density at radius 3 is 2.93 bits per heavy atom. The molecule has 0 radical (unpaired) electrons. The lowest BCUT2D eigenvalue weighted by molar-refractivity contribution is 0.284. The fourth-order valence-corrected chi connectivity index (χ4v) is 3.39. The van der Waals surface area contributed by atoms with E-state index in [1.807, 2.05) is 6.92 Å². The first-order chi connectivity index (χ1) is 7.12. The van der Waals surface area contributed by atoms with Crippen LogP contribution in [-0.4, -0.2) is 43.4 Å². The molecule has 0 unspecified atom stereocenters. The molecular weight excluding hydrogens is 214 g/mol. The van der Waals surface area contributed by atoms with Crippen LogP contribution >= 0.6 is 0 Å². The molecule has 15 heavy (non-hydrogen) atoms. The van der Waals surface area contributed by atoms with E-state index in [1.54, 1.807) is 16.6 Å². The first kappa shape index (κ1) is 10.7. The van der Waals surface area contributed by atoms with E-state index in [9.17, 15) is 8.42 Å². The van der Waals surface area contributed by atoms with Crippen LogP contribution in [0.4, 0.5) is 0 Å². The molecule has 0 aliphatic carbocycles. The lowest BCUT2D eigenvalue weighted by atomic mass is 10.3. The first-order valence-corrected chi connectivity index (χ1v) is 6.42. The number of hydrogen-bond donors (Lipinski definition) is 2. The van der Waals surface area contributed by atoms with Crippen molar-refractivity contribution in [1.29, 1.82) is 0 Å². The predicted octanol–water partition coefficient (Wildman–Crippen LogP) is -0.00290. The van der Waals surface area contributed by atoms with Gasteiger partial charge in [0.15, 0.2) is 0 Å². The number of aromatic nitrogens is 1. The van der Waals surface area contributed by atoms with E-state index in [1.165, 1.54) is 6.20 Å². The van der Waals surface area contributed by atoms with Crippen LogP contribution in [0, 0.1) is 0 Å². The second kappa shape index (κ2) is 3.96. The highest BCUT2D eigenvalue weighted by Crippen LogP contribution is 2.18. The molecule has 0 bridgehead atoms. The first-order valence-electron chi connectivity index (χ1n) is 4.98. The van der Waals surface area contributed by atoms with Gasteiger partial charge in [-0.3, -0.25) is 0 Å². The largest absolute Gasteiger partial charge is 0.366 e. The van der Waals surface area contributed by atoms with Crippen molar-refractivity contribution >= 4 is 10.0 Å². The SMILES string of the molecule is C[C@@H]1CNCCN1S(=O)(=O)c1cc[nH]c1. The zero-order valence-electron chi connectivity index (χ0n) is 8.60. The smallest absolute Gasteiger partial charge is 0.244 e. The van der Waals surface area contributed by atoms with Crippen molar-refractivity contribution in [2.24, 2.45) is 0 Å². The molecule has 1 aromatic rings. The monoisotopic (exact) mass is 229 g/mol. The standard InChI is InChI=1S/C9H15N3O2S/c1-8-6-11-4-5-12(8)15(13,14)9-2-3-10-7-9/h2-3,7-8,10-11H,4-6H2,1H3/t8-/m1/s1. The fourth-order valence-electron chi connectivity index (χ4n) is 1.78. The summed E-state index contributed by atoms with van der Waals surface area (Å²) in [7, 11) is -3.31. The molecule has 0 spiro atoms. The molecule has 1 aliphatic rings. The minimum absolute atomic E-state index is 0.0126. The molecular formula is C9H15N3O2S. The normalized spacial score (nSPS) is 24.2. The van der Waals surface area contributed by atoms with Crippen molar-refractivity contribution in [1.82, 2.24) is 14.6 Å². The minimum Gasteiger partial charge on any atom is -0.366 e. The third-order valence-electron chi connectivity index (χ3n) is 2.62. The predicted molar refractivity (Wildman–Crippen MR) is 57.0 cm³/mol. The van der Waals surface area contributed by atoms with Crippen molar-refractivity contribution in [2.45, 2.75) is 17.9 Å². The topological polar surface area (TPSA) is 65.2 Å². The van der Waals surface area contributed by atoms with Crippen LogP contribution in [0.25, 0.3) is 0 Å². The molecule has 0 aromatic carbocycles. The maximum atomic E-state index is 12.1. The number of sulfonamides is 1. The second-order valence-corrected chi connectivity index (χ2v) is 5.61. The summed E-state index contributed by atoms with van der Waals surface area (Å²) in [5.74, 6) is 0. The van der Waals surface area contributed by atoms with Gasteiger partial charge in [0.25, 0.3) is 0 Å². The molecule has 2 N–H and O–H groups in total. The van der Waals surface area contributed by atoms with Gasteiger partial charge in [-0.2, -0.15) is 4.31 Å². The molecule has 2 heterocycles. The third kappa shape index (κ3) is 1.92. The van der Waals surface area contributed by atoms with E-state index in [4.69, 9.17) is 0 Å². The third-order valence-corrected chi connectivity index (χ3v) is 4.63. The highest BCUT2D eigenvalue weighted by molar-refractivity contribution is 7.89. The van der Waals surface area contributed by atoms with Gasteiger partial charge in [-0.1, -0.05) is 0 Å². The zero-order chi connectivity index (χ0) is 10.9. The van der Waals surface area contributed by atoms with Crippen LogP contribution < -0.4 is 5.32 Å². The maximum Gasteiger partial charge on any atom is 0.244 e. The average Bonchev–Trinajstić information content (AvgIpc) is 2.71. The molecule has 2 rings (SSSR count). The van der Waals surface area contributed by atoms with Crippen molar-refractivity contribution in [3.63, 3.8) is 0 Å². The van der Waals surface area contributed by atoms with Gasteiger partial charge in [0.2, 0.25) is 10.0 Å². The Hall–Kier alpha value is -0.850. The number of nitrogens with zero attached hydrogens (tertiary/aromatic N) is 1. The van der Waals surface area contributed by atoms with E-state index in [2.05, 4.69) is 10.3 Å². The average molecular weight is 229 g/mol. The van der Waals surface area contributed by atoms with Crippen molar-refractivity contribution in [3.05, 3.63) is 18.5 Å². The number of aromatic amines is 1. The van der Waals surface area contributed by atoms with Gasteiger partial charge in [-0.25, -0.2) is 8.42 Å². The van der Waals surface area contributed by atoms with Gasteiger partial charge in [0, 0.05) is 38.1 Å². The lowest BCUT2D eigenvalue weighted by Gasteiger charge is -2.32. The van der Waals surface area contributed by atoms with Gasteiger partial charge < -0.3 is 10.3 Å². The zero-order valence-corrected chi connectivity index (χ0v) is 9.42. The summed E-state index contributed by atoms with van der Waals surface area (Å²) in [6, 6.07) is 1.60. The number of nitrogens with one attached hydrogen (secondary N) is 2. The molecule has 0 saturated carbocycles. The lowest BCUT2D eigenvalue weighted by Crippen LogP contribution is -2.52. The van der Waals surface area contributed by atoms with Crippen LogP contribution in [0.15, 0.2) is 23.4 Å². The van der Waals surface area contributed by atoms with Gasteiger partial charge >= 0.3 is 0 Å². The van der Waals surface area contributed by atoms with E-state index >= 15 is 0 Å². The quantitative estimate of drug-likeness (QED) is 0.750. The van der Waals surface area contributed by atoms with Crippen LogP contribution in [0.1, 0.15) is 6.92 Å². The molecule has 1 saturated heterocycles. The Bertz CT molecular complexity index is 413. The Kier molecular flexibility index (Phi) is 2.81. The summed E-state index contributed by atoms with van der Waals surface area (Å²) in [6.45, 7) is 3.88. The Balaban J connectivity index is 2.29. The Labute approximate surface area is 89.5 Å². The van der Waals surface area contributed by atoms with E-state index in [0.29, 0.717) is 24.5 Å². The van der Waals surface area contributed by atoms with Crippen LogP contribution in [0.5, 0.6) is 0 Å². The molecule has 6 heteroatoms. The maximum absolute atomic E-state index is 12.1. The highest BCUT2D eigenvalue weighted by atomic mass is 32.2. The van der Waals surface area contributed by atoms with Crippen LogP contribution in [0.2, 0.25) is 0 Å². The molecule has 1 aliphatic heterocycles. The Morgan fingerprint density at radius 2 is 2.33 bits per heavy atom. The van der Waals surface area contributed by atoms with Gasteiger partial charge in [0.1, 0.15) is 0 Å². The summed E-state index contributed by atoms with van der Waals surface area (Å²) in [4.78, 5) is 3.11. The van der Waals surface area contributed by atoms with Gasteiger partial charge in [-0.05, 0) is 13.0 Å². The van der Waals surface area contributed by atoms with E-state index < -0.39 is 10.0 Å². The van der Waals surface area contributed by atoms with Crippen LogP contribution in [0.3, 0.4) is 0 Å². The van der Waals surface area contributed by atoms with Crippen molar-refractivity contribution in [2.75, 3.05) is 19.6 Å². The summed E-state index contributed by atoms with van der Waals surface area (Å²) in [6.07, 6.45) is 3.14. The van der Waals surface area contributed by atoms with E-state index in [-0.39, 0.29) is 6.04 Å². The molecule has 0 amide bonds. The van der Waals surface area contributed by atoms with Crippen molar-refractivity contribution in [3.8, 4) is 0 Å². The number of piperazine rings is 1. The summed E-state index contributed by atoms with van der Waals surface area (Å²) < 4.78 is 25.8. The molecule has 84 valence electrons. The summed E-state index contributed by atoms with van der Waals surface area (Å²) in [5, 5.41) is 3.17.